The van der Waals surface area contributed by atoms with Crippen molar-refractivity contribution in [1.82, 2.24) is 0 Å². The second-order valence-electron chi connectivity index (χ2n) is 4.88. The molecule has 1 aliphatic rings. The zero-order valence-electron chi connectivity index (χ0n) is 11.5. The zero-order valence-corrected chi connectivity index (χ0v) is 11.5. The van der Waals surface area contributed by atoms with E-state index in [1.54, 1.807) is 23.1 Å². The number of benzene rings is 1. The number of carbonyl (C=O) groups is 1. The molecule has 0 radical (unpaired) electrons. The fraction of sp³-hybridized carbons (Fsp3) is 0.467. The third-order valence-corrected chi connectivity index (χ3v) is 3.67. The molecule has 1 aromatic carbocycles. The van der Waals surface area contributed by atoms with E-state index in [1.165, 1.54) is 6.07 Å². The van der Waals surface area contributed by atoms with Crippen LogP contribution in [0.2, 0.25) is 0 Å². The molecule has 0 aromatic heterocycles. The average molecular weight is 274 g/mol. The minimum atomic E-state index is -1.01. The molecule has 1 fully saturated rings. The highest BCUT2D eigenvalue weighted by molar-refractivity contribution is 5.99. The van der Waals surface area contributed by atoms with Crippen LogP contribution >= 0.6 is 0 Å². The van der Waals surface area contributed by atoms with Gasteiger partial charge in [-0.3, -0.25) is 4.79 Å². The van der Waals surface area contributed by atoms with E-state index in [4.69, 9.17) is 4.74 Å². The van der Waals surface area contributed by atoms with Crippen molar-refractivity contribution in [2.75, 3.05) is 24.7 Å². The highest BCUT2D eigenvalue weighted by atomic mass is 16.5. The molecular formula is C15H18N2O3. The minimum absolute atomic E-state index is 0.103. The first-order valence-electron chi connectivity index (χ1n) is 6.73. The number of rotatable bonds is 3. The first-order chi connectivity index (χ1) is 9.63. The van der Waals surface area contributed by atoms with Gasteiger partial charge in [-0.05, 0) is 31.9 Å². The van der Waals surface area contributed by atoms with Crippen molar-refractivity contribution >= 4 is 11.6 Å². The van der Waals surface area contributed by atoms with Gasteiger partial charge in [-0.25, -0.2) is 0 Å². The summed E-state index contributed by atoms with van der Waals surface area (Å²) in [4.78, 5) is 14.3. The maximum Gasteiger partial charge on any atom is 0.247 e. The first kappa shape index (κ1) is 14.4. The van der Waals surface area contributed by atoms with Crippen molar-refractivity contribution < 1.29 is 14.6 Å². The molecule has 1 saturated heterocycles. The first-order valence-corrected chi connectivity index (χ1v) is 6.73. The van der Waals surface area contributed by atoms with Gasteiger partial charge in [-0.1, -0.05) is 6.07 Å². The number of amides is 1. The lowest BCUT2D eigenvalue weighted by atomic mass is 9.80. The number of carbonyl (C=O) groups excluding carboxylic acids is 1. The SMILES string of the molecule is CCN(C(=O)C1(C#N)CCOCC1)c1cccc(O)c1. The molecule has 1 amide bonds. The van der Waals surface area contributed by atoms with Gasteiger partial charge in [0.2, 0.25) is 5.91 Å². The summed E-state index contributed by atoms with van der Waals surface area (Å²) in [5.41, 5.74) is -0.404. The standard InChI is InChI=1S/C15H18N2O3/c1-2-17(12-4-3-5-13(18)10-12)14(19)15(11-16)6-8-20-9-7-15/h3-5,10,18H,2,6-9H2,1H3. The lowest BCUT2D eigenvalue weighted by Gasteiger charge is -2.34. The maximum atomic E-state index is 12.8. The smallest absolute Gasteiger partial charge is 0.247 e. The Balaban J connectivity index is 2.31. The van der Waals surface area contributed by atoms with E-state index in [2.05, 4.69) is 6.07 Å². The molecule has 0 aliphatic carbocycles. The summed E-state index contributed by atoms with van der Waals surface area (Å²) < 4.78 is 5.25. The lowest BCUT2D eigenvalue weighted by molar-refractivity contribution is -0.129. The Morgan fingerprint density at radius 3 is 2.75 bits per heavy atom. The number of nitriles is 1. The molecule has 1 aromatic rings. The van der Waals surface area contributed by atoms with E-state index in [-0.39, 0.29) is 11.7 Å². The van der Waals surface area contributed by atoms with Crippen LogP contribution in [0, 0.1) is 16.7 Å². The van der Waals surface area contributed by atoms with E-state index in [1.807, 2.05) is 6.92 Å². The Kier molecular flexibility index (Phi) is 4.26. The molecular weight excluding hydrogens is 256 g/mol. The molecule has 1 aliphatic heterocycles. The highest BCUT2D eigenvalue weighted by Crippen LogP contribution is 2.34. The van der Waals surface area contributed by atoms with Crippen molar-refractivity contribution in [3.05, 3.63) is 24.3 Å². The van der Waals surface area contributed by atoms with Crippen LogP contribution in [0.25, 0.3) is 0 Å². The molecule has 0 unspecified atom stereocenters. The molecule has 0 bridgehead atoms. The van der Waals surface area contributed by atoms with Crippen LogP contribution in [0.15, 0.2) is 24.3 Å². The Bertz CT molecular complexity index is 530. The van der Waals surface area contributed by atoms with Crippen molar-refractivity contribution in [3.8, 4) is 11.8 Å². The largest absolute Gasteiger partial charge is 0.508 e. The van der Waals surface area contributed by atoms with Crippen LogP contribution in [0.4, 0.5) is 5.69 Å². The van der Waals surface area contributed by atoms with Crippen LogP contribution in [-0.2, 0) is 9.53 Å². The van der Waals surface area contributed by atoms with E-state index < -0.39 is 5.41 Å². The molecule has 1 N–H and O–H groups in total. The van der Waals surface area contributed by atoms with Gasteiger partial charge in [0, 0.05) is 31.5 Å². The molecule has 106 valence electrons. The van der Waals surface area contributed by atoms with Crippen LogP contribution in [-0.4, -0.2) is 30.8 Å². The summed E-state index contributed by atoms with van der Waals surface area (Å²) >= 11 is 0. The Morgan fingerprint density at radius 2 is 2.20 bits per heavy atom. The normalized spacial score (nSPS) is 17.2. The maximum absolute atomic E-state index is 12.8. The van der Waals surface area contributed by atoms with Crippen molar-refractivity contribution in [1.29, 1.82) is 5.26 Å². The van der Waals surface area contributed by atoms with E-state index in [9.17, 15) is 15.2 Å². The number of ether oxygens (including phenoxy) is 1. The molecule has 5 heteroatoms. The molecule has 1 heterocycles. The summed E-state index contributed by atoms with van der Waals surface area (Å²) in [6, 6.07) is 8.71. The Morgan fingerprint density at radius 1 is 1.50 bits per heavy atom. The number of phenolic OH excluding ortho intramolecular Hbond substituents is 1. The quantitative estimate of drug-likeness (QED) is 0.915. The Labute approximate surface area is 118 Å². The van der Waals surface area contributed by atoms with Crippen LogP contribution in [0.1, 0.15) is 19.8 Å². The number of anilines is 1. The van der Waals surface area contributed by atoms with Gasteiger partial charge < -0.3 is 14.7 Å². The number of nitrogens with zero attached hydrogens (tertiary/aromatic N) is 2. The van der Waals surface area contributed by atoms with Gasteiger partial charge in [0.05, 0.1) is 6.07 Å². The molecule has 2 rings (SSSR count). The van der Waals surface area contributed by atoms with Crippen molar-refractivity contribution in [2.24, 2.45) is 5.41 Å². The molecule has 0 spiro atoms. The van der Waals surface area contributed by atoms with Crippen molar-refractivity contribution in [2.45, 2.75) is 19.8 Å². The van der Waals surface area contributed by atoms with E-state index in [0.717, 1.165) is 0 Å². The van der Waals surface area contributed by atoms with Gasteiger partial charge >= 0.3 is 0 Å². The monoisotopic (exact) mass is 274 g/mol. The summed E-state index contributed by atoms with van der Waals surface area (Å²) in [6.45, 7) is 3.16. The predicted octanol–water partition coefficient (Wildman–Crippen LogP) is 2.07. The number of aromatic hydroxyl groups is 1. The molecule has 0 atom stereocenters. The van der Waals surface area contributed by atoms with Crippen LogP contribution in [0.5, 0.6) is 5.75 Å². The van der Waals surface area contributed by atoms with Gasteiger partial charge in [0.15, 0.2) is 0 Å². The second-order valence-corrected chi connectivity index (χ2v) is 4.88. The second kappa shape index (κ2) is 5.93. The summed E-state index contributed by atoms with van der Waals surface area (Å²) in [7, 11) is 0. The third kappa shape index (κ3) is 2.61. The zero-order chi connectivity index (χ0) is 14.6. The fourth-order valence-corrected chi connectivity index (χ4v) is 2.46. The Hall–Kier alpha value is -2.06. The topological polar surface area (TPSA) is 73.6 Å². The number of hydrogen-bond donors (Lipinski definition) is 1. The van der Waals surface area contributed by atoms with Gasteiger partial charge in [0.25, 0.3) is 0 Å². The van der Waals surface area contributed by atoms with E-state index in [0.29, 0.717) is 38.3 Å². The number of phenols is 1. The molecule has 5 nitrogen and oxygen atoms in total. The van der Waals surface area contributed by atoms with Gasteiger partial charge in [0.1, 0.15) is 11.2 Å². The summed E-state index contributed by atoms with van der Waals surface area (Å²) in [6.07, 6.45) is 0.829. The van der Waals surface area contributed by atoms with Crippen LogP contribution < -0.4 is 4.90 Å². The fourth-order valence-electron chi connectivity index (χ4n) is 2.46. The highest BCUT2D eigenvalue weighted by Gasteiger charge is 2.43. The molecule has 20 heavy (non-hydrogen) atoms. The predicted molar refractivity (Wildman–Crippen MR) is 74.2 cm³/mol. The number of hydrogen-bond acceptors (Lipinski definition) is 4. The summed E-state index contributed by atoms with van der Waals surface area (Å²) in [5, 5.41) is 19.0. The average Bonchev–Trinajstić information content (AvgIpc) is 2.48. The third-order valence-electron chi connectivity index (χ3n) is 3.67. The van der Waals surface area contributed by atoms with Crippen molar-refractivity contribution in [3.63, 3.8) is 0 Å². The van der Waals surface area contributed by atoms with E-state index >= 15 is 0 Å². The van der Waals surface area contributed by atoms with Crippen LogP contribution in [0.3, 0.4) is 0 Å². The summed E-state index contributed by atoms with van der Waals surface area (Å²) in [5.74, 6) is -0.108. The minimum Gasteiger partial charge on any atom is -0.508 e. The lowest BCUT2D eigenvalue weighted by Crippen LogP contribution is -2.46. The molecule has 0 saturated carbocycles. The van der Waals surface area contributed by atoms with Gasteiger partial charge in [-0.15, -0.1) is 0 Å². The van der Waals surface area contributed by atoms with Gasteiger partial charge in [-0.2, -0.15) is 5.26 Å².